The maximum Gasteiger partial charge on any atom is 0.303 e. The largest absolute Gasteiger partial charge is 0.481 e. The Morgan fingerprint density at radius 2 is 2.21 bits per heavy atom. The number of aliphatic carboxylic acids is 1. The fraction of sp³-hybridized carbons (Fsp3) is 0.933. The van der Waals surface area contributed by atoms with Crippen LogP contribution in [-0.2, 0) is 9.53 Å². The molecule has 19 heavy (non-hydrogen) atoms. The number of nitrogens with zero attached hydrogens (tertiary/aromatic N) is 1. The van der Waals surface area contributed by atoms with Gasteiger partial charge in [0.2, 0.25) is 0 Å². The van der Waals surface area contributed by atoms with Crippen molar-refractivity contribution in [3.05, 3.63) is 0 Å². The van der Waals surface area contributed by atoms with Crippen LogP contribution in [0.2, 0.25) is 0 Å². The quantitative estimate of drug-likeness (QED) is 0.737. The average Bonchev–Trinajstić information content (AvgIpc) is 2.34. The second-order valence-electron chi connectivity index (χ2n) is 5.79. The lowest BCUT2D eigenvalue weighted by Crippen LogP contribution is -2.46. The molecule has 1 heterocycles. The predicted molar refractivity (Wildman–Crippen MR) is 76.4 cm³/mol. The molecule has 2 unspecified atom stereocenters. The number of rotatable bonds is 8. The van der Waals surface area contributed by atoms with Crippen molar-refractivity contribution in [2.75, 3.05) is 13.2 Å². The Kier molecular flexibility index (Phi) is 7.39. The Labute approximate surface area is 117 Å². The van der Waals surface area contributed by atoms with Gasteiger partial charge in [-0.15, -0.1) is 0 Å². The Bertz CT molecular complexity index is 266. The van der Waals surface area contributed by atoms with Crippen LogP contribution in [0.5, 0.6) is 0 Å². The topological polar surface area (TPSA) is 49.8 Å². The fourth-order valence-corrected chi connectivity index (χ4v) is 2.96. The molecule has 1 rings (SSSR count). The van der Waals surface area contributed by atoms with Crippen molar-refractivity contribution < 1.29 is 14.6 Å². The van der Waals surface area contributed by atoms with Gasteiger partial charge in [-0.1, -0.05) is 13.3 Å². The minimum Gasteiger partial charge on any atom is -0.481 e. The molecule has 0 aromatic heterocycles. The third kappa shape index (κ3) is 5.91. The van der Waals surface area contributed by atoms with Crippen molar-refractivity contribution in [3.63, 3.8) is 0 Å². The average molecular weight is 271 g/mol. The van der Waals surface area contributed by atoms with E-state index in [4.69, 9.17) is 9.84 Å². The third-order valence-corrected chi connectivity index (χ3v) is 3.89. The third-order valence-electron chi connectivity index (χ3n) is 3.89. The van der Waals surface area contributed by atoms with Gasteiger partial charge < -0.3 is 9.84 Å². The van der Waals surface area contributed by atoms with Gasteiger partial charge in [-0.2, -0.15) is 0 Å². The van der Waals surface area contributed by atoms with Gasteiger partial charge in [0.15, 0.2) is 0 Å². The summed E-state index contributed by atoms with van der Waals surface area (Å²) >= 11 is 0. The van der Waals surface area contributed by atoms with E-state index in [0.717, 1.165) is 45.3 Å². The molecule has 0 aromatic rings. The van der Waals surface area contributed by atoms with E-state index in [2.05, 4.69) is 25.7 Å². The number of carbonyl (C=O) groups is 1. The molecule has 1 fully saturated rings. The van der Waals surface area contributed by atoms with E-state index in [0.29, 0.717) is 18.2 Å². The van der Waals surface area contributed by atoms with Crippen LogP contribution >= 0.6 is 0 Å². The SMILES string of the molecule is CCCC1CC(N(CCCC(=O)O)C(C)C)CCO1. The van der Waals surface area contributed by atoms with Gasteiger partial charge in [0.1, 0.15) is 0 Å². The first-order valence-corrected chi connectivity index (χ1v) is 7.63. The second-order valence-corrected chi connectivity index (χ2v) is 5.79. The van der Waals surface area contributed by atoms with E-state index in [1.165, 1.54) is 0 Å². The van der Waals surface area contributed by atoms with Crippen LogP contribution in [0.15, 0.2) is 0 Å². The van der Waals surface area contributed by atoms with Crippen molar-refractivity contribution in [2.24, 2.45) is 0 Å². The van der Waals surface area contributed by atoms with Gasteiger partial charge in [0, 0.05) is 25.1 Å². The molecule has 1 saturated heterocycles. The molecule has 1 N–H and O–H groups in total. The summed E-state index contributed by atoms with van der Waals surface area (Å²) in [5.74, 6) is -0.695. The minimum absolute atomic E-state index is 0.269. The molecule has 4 heteroatoms. The van der Waals surface area contributed by atoms with E-state index in [1.54, 1.807) is 0 Å². The summed E-state index contributed by atoms with van der Waals surface area (Å²) in [6.45, 7) is 8.32. The van der Waals surface area contributed by atoms with Gasteiger partial charge in [0.05, 0.1) is 6.10 Å². The lowest BCUT2D eigenvalue weighted by molar-refractivity contribution is -0.137. The lowest BCUT2D eigenvalue weighted by atomic mass is 9.97. The van der Waals surface area contributed by atoms with E-state index in [1.807, 2.05) is 0 Å². The van der Waals surface area contributed by atoms with Gasteiger partial charge >= 0.3 is 5.97 Å². The second kappa shape index (κ2) is 8.54. The summed E-state index contributed by atoms with van der Waals surface area (Å²) < 4.78 is 5.80. The van der Waals surface area contributed by atoms with Crippen molar-refractivity contribution in [3.8, 4) is 0 Å². The summed E-state index contributed by atoms with van der Waals surface area (Å²) in [5.41, 5.74) is 0. The van der Waals surface area contributed by atoms with E-state index in [-0.39, 0.29) is 6.42 Å². The number of carboxylic acid groups (broad SMARTS) is 1. The van der Waals surface area contributed by atoms with Crippen LogP contribution in [0.4, 0.5) is 0 Å². The summed E-state index contributed by atoms with van der Waals surface area (Å²) in [7, 11) is 0. The molecule has 0 bridgehead atoms. The van der Waals surface area contributed by atoms with Crippen molar-refractivity contribution >= 4 is 5.97 Å². The highest BCUT2D eigenvalue weighted by molar-refractivity contribution is 5.66. The highest BCUT2D eigenvalue weighted by Gasteiger charge is 2.28. The summed E-state index contributed by atoms with van der Waals surface area (Å²) in [6.07, 6.45) is 5.87. The van der Waals surface area contributed by atoms with Crippen LogP contribution in [0.25, 0.3) is 0 Å². The smallest absolute Gasteiger partial charge is 0.303 e. The molecule has 0 aromatic carbocycles. The zero-order valence-electron chi connectivity index (χ0n) is 12.6. The van der Waals surface area contributed by atoms with E-state index < -0.39 is 5.97 Å². The highest BCUT2D eigenvalue weighted by Crippen LogP contribution is 2.24. The normalized spacial score (nSPS) is 24.1. The van der Waals surface area contributed by atoms with Gasteiger partial charge in [-0.25, -0.2) is 0 Å². The maximum atomic E-state index is 10.6. The first kappa shape index (κ1) is 16.4. The van der Waals surface area contributed by atoms with E-state index in [9.17, 15) is 4.79 Å². The standard InChI is InChI=1S/C15H29NO3/c1-4-6-14-11-13(8-10-19-14)16(12(2)3)9-5-7-15(17)18/h12-14H,4-11H2,1-3H3,(H,17,18). The van der Waals surface area contributed by atoms with Crippen molar-refractivity contribution in [1.82, 2.24) is 4.90 Å². The molecule has 0 spiro atoms. The number of ether oxygens (including phenoxy) is 1. The maximum absolute atomic E-state index is 10.6. The van der Waals surface area contributed by atoms with Crippen molar-refractivity contribution in [2.45, 2.75) is 77.5 Å². The predicted octanol–water partition coefficient (Wildman–Crippen LogP) is 2.91. The summed E-state index contributed by atoms with van der Waals surface area (Å²) in [4.78, 5) is 13.1. The Hall–Kier alpha value is -0.610. The molecular weight excluding hydrogens is 242 g/mol. The molecule has 112 valence electrons. The number of hydrogen-bond acceptors (Lipinski definition) is 3. The van der Waals surface area contributed by atoms with Crippen LogP contribution in [-0.4, -0.2) is 47.3 Å². The molecule has 1 aliphatic heterocycles. The van der Waals surface area contributed by atoms with Gasteiger partial charge in [-0.3, -0.25) is 9.69 Å². The van der Waals surface area contributed by atoms with E-state index >= 15 is 0 Å². The first-order valence-electron chi connectivity index (χ1n) is 7.63. The Balaban J connectivity index is 2.47. The fourth-order valence-electron chi connectivity index (χ4n) is 2.96. The molecule has 0 amide bonds. The monoisotopic (exact) mass is 271 g/mol. The Morgan fingerprint density at radius 3 is 2.79 bits per heavy atom. The van der Waals surface area contributed by atoms with Crippen LogP contribution in [0.3, 0.4) is 0 Å². The van der Waals surface area contributed by atoms with Gasteiger partial charge in [-0.05, 0) is 46.1 Å². The molecule has 0 radical (unpaired) electrons. The molecule has 2 atom stereocenters. The molecule has 1 aliphatic rings. The molecule has 0 aliphatic carbocycles. The van der Waals surface area contributed by atoms with Crippen molar-refractivity contribution in [1.29, 1.82) is 0 Å². The number of hydrogen-bond donors (Lipinski definition) is 1. The lowest BCUT2D eigenvalue weighted by Gasteiger charge is -2.40. The van der Waals surface area contributed by atoms with Crippen LogP contribution in [0, 0.1) is 0 Å². The molecular formula is C15H29NO3. The summed E-state index contributed by atoms with van der Waals surface area (Å²) in [6, 6.07) is 1.03. The minimum atomic E-state index is -0.695. The van der Waals surface area contributed by atoms with Crippen LogP contribution in [0.1, 0.15) is 59.3 Å². The zero-order chi connectivity index (χ0) is 14.3. The molecule has 0 saturated carbocycles. The molecule has 4 nitrogen and oxygen atoms in total. The highest BCUT2D eigenvalue weighted by atomic mass is 16.5. The number of carboxylic acids is 1. The van der Waals surface area contributed by atoms with Gasteiger partial charge in [0.25, 0.3) is 0 Å². The van der Waals surface area contributed by atoms with Crippen LogP contribution < -0.4 is 0 Å². The Morgan fingerprint density at radius 1 is 1.47 bits per heavy atom. The zero-order valence-corrected chi connectivity index (χ0v) is 12.6. The first-order chi connectivity index (χ1) is 9.04. The summed E-state index contributed by atoms with van der Waals surface area (Å²) in [5, 5.41) is 8.75.